The third-order valence-electron chi connectivity index (χ3n) is 2.81. The van der Waals surface area contributed by atoms with E-state index in [2.05, 4.69) is 19.1 Å². The van der Waals surface area contributed by atoms with Gasteiger partial charge in [0.15, 0.2) is 5.76 Å². The Labute approximate surface area is 105 Å². The van der Waals surface area contributed by atoms with E-state index >= 15 is 0 Å². The van der Waals surface area contributed by atoms with Crippen LogP contribution in [-0.2, 0) is 0 Å². The molecule has 3 nitrogen and oxygen atoms in total. The molecule has 2 aromatic heterocycles. The summed E-state index contributed by atoms with van der Waals surface area (Å²) in [6.07, 6.45) is 1.51. The molecule has 0 fully saturated rings. The predicted molar refractivity (Wildman–Crippen MR) is 68.3 cm³/mol. The van der Waals surface area contributed by atoms with Crippen molar-refractivity contribution in [3.8, 4) is 0 Å². The topological polar surface area (TPSA) is 33.5 Å². The fourth-order valence-electron chi connectivity index (χ4n) is 1.62. The third-order valence-corrected chi connectivity index (χ3v) is 3.98. The molecule has 0 radical (unpaired) electrons. The standard InChI is InChI=1S/C13H15NO2S/c1-9-6-7-12(17-9)10(2)14(3)13(15)11-5-4-8-16-11/h4-8,10H,1-3H3. The van der Waals surface area contributed by atoms with Crippen molar-refractivity contribution in [2.24, 2.45) is 0 Å². The lowest BCUT2D eigenvalue weighted by atomic mass is 10.2. The second-order valence-corrected chi connectivity index (χ2v) is 5.34. The van der Waals surface area contributed by atoms with Gasteiger partial charge in [-0.1, -0.05) is 0 Å². The van der Waals surface area contributed by atoms with Gasteiger partial charge < -0.3 is 9.32 Å². The first-order chi connectivity index (χ1) is 8.09. The van der Waals surface area contributed by atoms with Gasteiger partial charge in [0.2, 0.25) is 0 Å². The molecule has 0 aliphatic rings. The highest BCUT2D eigenvalue weighted by atomic mass is 32.1. The maximum absolute atomic E-state index is 12.1. The lowest BCUT2D eigenvalue weighted by Gasteiger charge is -2.22. The Balaban J connectivity index is 2.15. The van der Waals surface area contributed by atoms with E-state index in [0.717, 1.165) is 0 Å². The fourth-order valence-corrected chi connectivity index (χ4v) is 2.59. The van der Waals surface area contributed by atoms with Crippen LogP contribution >= 0.6 is 11.3 Å². The molecule has 0 aliphatic carbocycles. The molecule has 2 aromatic rings. The van der Waals surface area contributed by atoms with Gasteiger partial charge in [0.1, 0.15) is 0 Å². The van der Waals surface area contributed by atoms with Crippen molar-refractivity contribution < 1.29 is 9.21 Å². The highest BCUT2D eigenvalue weighted by Gasteiger charge is 2.21. The average Bonchev–Trinajstić information content (AvgIpc) is 2.96. The van der Waals surface area contributed by atoms with Crippen LogP contribution in [0.4, 0.5) is 0 Å². The zero-order valence-electron chi connectivity index (χ0n) is 10.1. The molecule has 17 heavy (non-hydrogen) atoms. The Bertz CT molecular complexity index is 501. The number of aryl methyl sites for hydroxylation is 1. The van der Waals surface area contributed by atoms with Crippen molar-refractivity contribution in [2.75, 3.05) is 7.05 Å². The monoisotopic (exact) mass is 249 g/mol. The number of rotatable bonds is 3. The van der Waals surface area contributed by atoms with Crippen molar-refractivity contribution in [3.05, 3.63) is 46.0 Å². The van der Waals surface area contributed by atoms with Crippen LogP contribution in [0.3, 0.4) is 0 Å². The smallest absolute Gasteiger partial charge is 0.289 e. The van der Waals surface area contributed by atoms with E-state index in [1.165, 1.54) is 16.0 Å². The van der Waals surface area contributed by atoms with Crippen LogP contribution in [0.25, 0.3) is 0 Å². The van der Waals surface area contributed by atoms with Crippen molar-refractivity contribution in [3.63, 3.8) is 0 Å². The molecular weight excluding hydrogens is 234 g/mol. The molecule has 0 spiro atoms. The van der Waals surface area contributed by atoms with E-state index in [1.54, 1.807) is 35.4 Å². The van der Waals surface area contributed by atoms with E-state index in [4.69, 9.17) is 4.42 Å². The summed E-state index contributed by atoms with van der Waals surface area (Å²) < 4.78 is 5.12. The Morgan fingerprint density at radius 1 is 1.41 bits per heavy atom. The lowest BCUT2D eigenvalue weighted by molar-refractivity contribution is 0.0713. The van der Waals surface area contributed by atoms with Gasteiger partial charge in [-0.15, -0.1) is 11.3 Å². The summed E-state index contributed by atoms with van der Waals surface area (Å²) in [5.74, 6) is 0.293. The van der Waals surface area contributed by atoms with Gasteiger partial charge in [0, 0.05) is 16.8 Å². The first-order valence-corrected chi connectivity index (χ1v) is 6.28. The largest absolute Gasteiger partial charge is 0.459 e. The molecule has 0 N–H and O–H groups in total. The summed E-state index contributed by atoms with van der Waals surface area (Å²) in [5.41, 5.74) is 0. The van der Waals surface area contributed by atoms with Crippen LogP contribution in [0.15, 0.2) is 34.9 Å². The van der Waals surface area contributed by atoms with Gasteiger partial charge in [0.05, 0.1) is 12.3 Å². The molecule has 2 heterocycles. The Morgan fingerprint density at radius 3 is 2.71 bits per heavy atom. The predicted octanol–water partition coefficient (Wildman–Crippen LogP) is 3.48. The van der Waals surface area contributed by atoms with Crippen LogP contribution in [-0.4, -0.2) is 17.9 Å². The minimum absolute atomic E-state index is 0.0614. The van der Waals surface area contributed by atoms with Crippen LogP contribution < -0.4 is 0 Å². The maximum atomic E-state index is 12.1. The van der Waals surface area contributed by atoms with Gasteiger partial charge in [0.25, 0.3) is 5.91 Å². The number of carbonyl (C=O) groups is 1. The number of furan rings is 1. The van der Waals surface area contributed by atoms with Crippen molar-refractivity contribution in [2.45, 2.75) is 19.9 Å². The van der Waals surface area contributed by atoms with Crippen LogP contribution in [0.2, 0.25) is 0 Å². The molecule has 1 unspecified atom stereocenters. The molecule has 0 saturated carbocycles. The highest BCUT2D eigenvalue weighted by molar-refractivity contribution is 7.12. The maximum Gasteiger partial charge on any atom is 0.289 e. The first-order valence-electron chi connectivity index (χ1n) is 5.46. The van der Waals surface area contributed by atoms with E-state index in [0.29, 0.717) is 5.76 Å². The quantitative estimate of drug-likeness (QED) is 0.834. The Hall–Kier alpha value is -1.55. The molecule has 0 bridgehead atoms. The molecule has 1 atom stereocenters. The fraction of sp³-hybridized carbons (Fsp3) is 0.308. The van der Waals surface area contributed by atoms with E-state index in [9.17, 15) is 4.79 Å². The highest BCUT2D eigenvalue weighted by Crippen LogP contribution is 2.27. The average molecular weight is 249 g/mol. The van der Waals surface area contributed by atoms with Gasteiger partial charge in [-0.05, 0) is 38.1 Å². The summed E-state index contributed by atoms with van der Waals surface area (Å²) in [6, 6.07) is 7.61. The second kappa shape index (κ2) is 4.75. The van der Waals surface area contributed by atoms with E-state index in [1.807, 2.05) is 6.92 Å². The van der Waals surface area contributed by atoms with Crippen molar-refractivity contribution in [1.82, 2.24) is 4.90 Å². The third kappa shape index (κ3) is 2.42. The molecule has 0 saturated heterocycles. The Morgan fingerprint density at radius 2 is 2.18 bits per heavy atom. The van der Waals surface area contributed by atoms with Gasteiger partial charge in [-0.3, -0.25) is 4.79 Å². The zero-order valence-corrected chi connectivity index (χ0v) is 11.0. The number of amides is 1. The minimum atomic E-state index is -0.0893. The van der Waals surface area contributed by atoms with Gasteiger partial charge in [-0.2, -0.15) is 0 Å². The molecule has 0 aliphatic heterocycles. The molecule has 90 valence electrons. The summed E-state index contributed by atoms with van der Waals surface area (Å²) in [5, 5.41) is 0. The van der Waals surface area contributed by atoms with E-state index < -0.39 is 0 Å². The molecule has 4 heteroatoms. The zero-order chi connectivity index (χ0) is 12.4. The number of nitrogens with zero attached hydrogens (tertiary/aromatic N) is 1. The number of thiophene rings is 1. The number of hydrogen-bond acceptors (Lipinski definition) is 3. The summed E-state index contributed by atoms with van der Waals surface area (Å²) in [6.45, 7) is 4.08. The molecular formula is C13H15NO2S. The minimum Gasteiger partial charge on any atom is -0.459 e. The van der Waals surface area contributed by atoms with Crippen LogP contribution in [0.5, 0.6) is 0 Å². The van der Waals surface area contributed by atoms with Crippen molar-refractivity contribution in [1.29, 1.82) is 0 Å². The number of hydrogen-bond donors (Lipinski definition) is 0. The molecule has 2 rings (SSSR count). The van der Waals surface area contributed by atoms with Crippen molar-refractivity contribution >= 4 is 17.2 Å². The SMILES string of the molecule is Cc1ccc(C(C)N(C)C(=O)c2ccco2)s1. The van der Waals surface area contributed by atoms with Crippen LogP contribution in [0.1, 0.15) is 33.3 Å². The molecule has 1 amide bonds. The second-order valence-electron chi connectivity index (χ2n) is 4.02. The lowest BCUT2D eigenvalue weighted by Crippen LogP contribution is -2.28. The van der Waals surface area contributed by atoms with Gasteiger partial charge >= 0.3 is 0 Å². The summed E-state index contributed by atoms with van der Waals surface area (Å²) >= 11 is 1.71. The van der Waals surface area contributed by atoms with E-state index in [-0.39, 0.29) is 11.9 Å². The number of carbonyl (C=O) groups excluding carboxylic acids is 1. The van der Waals surface area contributed by atoms with Gasteiger partial charge in [-0.25, -0.2) is 0 Å². The van der Waals surface area contributed by atoms with Crippen LogP contribution in [0, 0.1) is 6.92 Å². The summed E-state index contributed by atoms with van der Waals surface area (Å²) in [7, 11) is 1.80. The Kier molecular flexibility index (Phi) is 3.33. The first kappa shape index (κ1) is 11.9. The normalized spacial score (nSPS) is 12.4. The molecule has 0 aromatic carbocycles. The summed E-state index contributed by atoms with van der Waals surface area (Å²) in [4.78, 5) is 16.2.